The number of carbonyl (C=O) groups is 3. The van der Waals surface area contributed by atoms with Crippen LogP contribution in [0.25, 0.3) is 0 Å². The molecule has 0 spiro atoms. The minimum absolute atomic E-state index is 0.133. The smallest absolute Gasteiger partial charge is 0.337 e. The highest BCUT2D eigenvalue weighted by Gasteiger charge is 2.15. The van der Waals surface area contributed by atoms with Crippen LogP contribution in [-0.4, -0.2) is 45.8 Å². The average molecular weight is 401 g/mol. The largest absolute Gasteiger partial charge is 0.497 e. The Bertz CT molecular complexity index is 828. The first-order valence-electron chi connectivity index (χ1n) is 8.85. The molecule has 0 aliphatic heterocycles. The maximum absolute atomic E-state index is 12.2. The summed E-state index contributed by atoms with van der Waals surface area (Å²) in [5.41, 5.74) is 0.566. The van der Waals surface area contributed by atoms with Gasteiger partial charge in [0.2, 0.25) is 5.91 Å². The summed E-state index contributed by atoms with van der Waals surface area (Å²) in [6, 6.07) is 11.4. The van der Waals surface area contributed by atoms with Crippen molar-refractivity contribution in [2.75, 3.05) is 33.3 Å². The van der Waals surface area contributed by atoms with Crippen LogP contribution in [0.15, 0.2) is 42.5 Å². The number of carbonyl (C=O) groups excluding carboxylic acids is 3. The third-order valence-corrected chi connectivity index (χ3v) is 3.94. The van der Waals surface area contributed by atoms with Gasteiger partial charge in [-0.2, -0.15) is 0 Å². The number of hydrogen-bond acceptors (Lipinski definition) is 7. The molecule has 0 aromatic heterocycles. The Labute approximate surface area is 168 Å². The lowest BCUT2D eigenvalue weighted by Gasteiger charge is -2.10. The summed E-state index contributed by atoms with van der Waals surface area (Å²) in [5, 5.41) is 2.67. The molecule has 1 amide bonds. The van der Waals surface area contributed by atoms with Crippen LogP contribution in [0.3, 0.4) is 0 Å². The third kappa shape index (κ3) is 6.53. The van der Waals surface area contributed by atoms with Gasteiger partial charge in [0.25, 0.3) is 0 Å². The number of amides is 1. The maximum atomic E-state index is 12.2. The van der Waals surface area contributed by atoms with E-state index in [4.69, 9.17) is 9.47 Å². The summed E-state index contributed by atoms with van der Waals surface area (Å²) in [4.78, 5) is 35.8. The van der Waals surface area contributed by atoms with Gasteiger partial charge in [0, 0.05) is 12.1 Å². The molecule has 0 saturated carbocycles. The van der Waals surface area contributed by atoms with Crippen molar-refractivity contribution in [3.8, 4) is 11.5 Å². The first kappa shape index (κ1) is 21.7. The summed E-state index contributed by atoms with van der Waals surface area (Å²) in [7, 11) is 4.05. The van der Waals surface area contributed by atoms with Crippen molar-refractivity contribution in [3.63, 3.8) is 0 Å². The summed E-state index contributed by atoms with van der Waals surface area (Å²) < 4.78 is 20.0. The quantitative estimate of drug-likeness (QED) is 0.509. The van der Waals surface area contributed by atoms with Crippen LogP contribution in [0, 0.1) is 0 Å². The van der Waals surface area contributed by atoms with Gasteiger partial charge in [-0.3, -0.25) is 4.79 Å². The number of nitrogens with one attached hydrogen (secondary N) is 1. The van der Waals surface area contributed by atoms with Crippen molar-refractivity contribution in [2.24, 2.45) is 0 Å². The van der Waals surface area contributed by atoms with Gasteiger partial charge >= 0.3 is 11.9 Å². The van der Waals surface area contributed by atoms with E-state index in [9.17, 15) is 14.4 Å². The summed E-state index contributed by atoms with van der Waals surface area (Å²) in [5.74, 6) is -0.114. The molecule has 29 heavy (non-hydrogen) atoms. The normalized spacial score (nSPS) is 10.0. The fraction of sp³-hybridized carbons (Fsp3) is 0.286. The van der Waals surface area contributed by atoms with E-state index in [0.717, 1.165) is 5.75 Å². The van der Waals surface area contributed by atoms with E-state index in [2.05, 4.69) is 14.8 Å². The van der Waals surface area contributed by atoms with Crippen LogP contribution >= 0.6 is 0 Å². The minimum Gasteiger partial charge on any atom is -0.497 e. The summed E-state index contributed by atoms with van der Waals surface area (Å²) in [6.45, 7) is 0.357. The van der Waals surface area contributed by atoms with E-state index in [0.29, 0.717) is 24.5 Å². The molecule has 154 valence electrons. The molecule has 8 nitrogen and oxygen atoms in total. The SMILES string of the molecule is COC(=O)c1cc(NC(=O)CCCOc2ccc(OC)cc2)cc(C(=O)OC)c1. The molecule has 2 rings (SSSR count). The average Bonchev–Trinajstić information content (AvgIpc) is 2.75. The fourth-order valence-electron chi connectivity index (χ4n) is 2.49. The highest BCUT2D eigenvalue weighted by molar-refractivity contribution is 5.99. The van der Waals surface area contributed by atoms with Gasteiger partial charge in [0.15, 0.2) is 0 Å². The number of rotatable bonds is 9. The monoisotopic (exact) mass is 401 g/mol. The van der Waals surface area contributed by atoms with E-state index in [1.165, 1.54) is 32.4 Å². The molecule has 2 aromatic rings. The minimum atomic E-state index is -0.626. The van der Waals surface area contributed by atoms with E-state index < -0.39 is 11.9 Å². The van der Waals surface area contributed by atoms with Gasteiger partial charge < -0.3 is 24.3 Å². The van der Waals surface area contributed by atoms with E-state index >= 15 is 0 Å². The van der Waals surface area contributed by atoms with Crippen molar-refractivity contribution in [1.82, 2.24) is 0 Å². The van der Waals surface area contributed by atoms with Gasteiger partial charge in [-0.05, 0) is 48.9 Å². The number of esters is 2. The molecule has 0 heterocycles. The molecular formula is C21H23NO7. The van der Waals surface area contributed by atoms with Crippen molar-refractivity contribution >= 4 is 23.5 Å². The molecule has 0 unspecified atom stereocenters. The van der Waals surface area contributed by atoms with E-state index in [1.54, 1.807) is 31.4 Å². The first-order chi connectivity index (χ1) is 14.0. The fourth-order valence-corrected chi connectivity index (χ4v) is 2.49. The van der Waals surface area contributed by atoms with Gasteiger partial charge in [-0.1, -0.05) is 0 Å². The van der Waals surface area contributed by atoms with Crippen LogP contribution in [0.5, 0.6) is 11.5 Å². The second-order valence-corrected chi connectivity index (χ2v) is 5.96. The lowest BCUT2D eigenvalue weighted by molar-refractivity contribution is -0.116. The summed E-state index contributed by atoms with van der Waals surface area (Å²) in [6.07, 6.45) is 0.685. The molecule has 0 bridgehead atoms. The standard InChI is InChI=1S/C21H23NO7/c1-26-17-6-8-18(9-7-17)29-10-4-5-19(23)22-16-12-14(20(24)27-2)11-15(13-16)21(25)28-3/h6-9,11-13H,4-5,10H2,1-3H3,(H,22,23). The number of methoxy groups -OCH3 is 3. The molecule has 0 saturated heterocycles. The van der Waals surface area contributed by atoms with Crippen LogP contribution in [0.1, 0.15) is 33.6 Å². The van der Waals surface area contributed by atoms with Gasteiger partial charge in [-0.25, -0.2) is 9.59 Å². The molecule has 0 fully saturated rings. The van der Waals surface area contributed by atoms with E-state index in [1.807, 2.05) is 0 Å². The molecule has 0 atom stereocenters. The number of benzene rings is 2. The zero-order chi connectivity index (χ0) is 21.2. The van der Waals surface area contributed by atoms with Crippen LogP contribution in [0.2, 0.25) is 0 Å². The predicted molar refractivity (Wildman–Crippen MR) is 105 cm³/mol. The van der Waals surface area contributed by atoms with Crippen LogP contribution in [-0.2, 0) is 14.3 Å². The Morgan fingerprint density at radius 2 is 1.38 bits per heavy atom. The van der Waals surface area contributed by atoms with Crippen LogP contribution < -0.4 is 14.8 Å². The van der Waals surface area contributed by atoms with Crippen molar-refractivity contribution in [2.45, 2.75) is 12.8 Å². The van der Waals surface area contributed by atoms with Crippen LogP contribution in [0.4, 0.5) is 5.69 Å². The lowest BCUT2D eigenvalue weighted by atomic mass is 10.1. The molecule has 0 radical (unpaired) electrons. The second kappa shape index (κ2) is 10.7. The molecule has 0 aliphatic rings. The van der Waals surface area contributed by atoms with E-state index in [-0.39, 0.29) is 23.5 Å². The lowest BCUT2D eigenvalue weighted by Crippen LogP contribution is -2.15. The topological polar surface area (TPSA) is 100 Å². The Morgan fingerprint density at radius 1 is 0.828 bits per heavy atom. The van der Waals surface area contributed by atoms with Gasteiger partial charge in [0.1, 0.15) is 11.5 Å². The highest BCUT2D eigenvalue weighted by Crippen LogP contribution is 2.19. The Balaban J connectivity index is 1.91. The molecule has 2 aromatic carbocycles. The maximum Gasteiger partial charge on any atom is 0.337 e. The van der Waals surface area contributed by atoms with Gasteiger partial charge in [0.05, 0.1) is 39.1 Å². The predicted octanol–water partition coefficient (Wildman–Crippen LogP) is 3.07. The number of hydrogen-bond donors (Lipinski definition) is 1. The molecule has 0 aliphatic carbocycles. The third-order valence-electron chi connectivity index (χ3n) is 3.94. The van der Waals surface area contributed by atoms with Crippen molar-refractivity contribution in [3.05, 3.63) is 53.6 Å². The second-order valence-electron chi connectivity index (χ2n) is 5.96. The Kier molecular flexibility index (Phi) is 8.02. The van der Waals surface area contributed by atoms with Crippen molar-refractivity contribution in [1.29, 1.82) is 0 Å². The summed E-state index contributed by atoms with van der Waals surface area (Å²) >= 11 is 0. The number of anilines is 1. The van der Waals surface area contributed by atoms with Crippen molar-refractivity contribution < 1.29 is 33.3 Å². The molecule has 8 heteroatoms. The van der Waals surface area contributed by atoms with Gasteiger partial charge in [-0.15, -0.1) is 0 Å². The zero-order valence-electron chi connectivity index (χ0n) is 16.5. The first-order valence-corrected chi connectivity index (χ1v) is 8.85. The molecule has 1 N–H and O–H groups in total. The zero-order valence-corrected chi connectivity index (χ0v) is 16.5. The Morgan fingerprint density at radius 3 is 1.90 bits per heavy atom. The highest BCUT2D eigenvalue weighted by atomic mass is 16.5. The molecular weight excluding hydrogens is 378 g/mol. The number of ether oxygens (including phenoxy) is 4. The Hall–Kier alpha value is -3.55.